The fraction of sp³-hybridized carbons (Fsp3) is 0.455. The number of aromatic nitrogens is 2. The van der Waals surface area contributed by atoms with Crippen molar-refractivity contribution in [1.29, 1.82) is 0 Å². The molecule has 0 aliphatic carbocycles. The van der Waals surface area contributed by atoms with Gasteiger partial charge in [-0.1, -0.05) is 13.0 Å². The van der Waals surface area contributed by atoms with Crippen LogP contribution in [-0.4, -0.2) is 16.6 Å². The minimum atomic E-state index is 0.351. The summed E-state index contributed by atoms with van der Waals surface area (Å²) in [6.07, 6.45) is 3.40. The number of nitrogens with two attached hydrogens (primary N) is 1. The van der Waals surface area contributed by atoms with E-state index in [1.807, 2.05) is 13.8 Å². The summed E-state index contributed by atoms with van der Waals surface area (Å²) in [7, 11) is 0. The predicted octanol–water partition coefficient (Wildman–Crippen LogP) is 1.88. The Morgan fingerprint density at radius 3 is 2.73 bits per heavy atom. The minimum absolute atomic E-state index is 0.351. The van der Waals surface area contributed by atoms with Gasteiger partial charge in [-0.2, -0.15) is 4.98 Å². The van der Waals surface area contributed by atoms with Gasteiger partial charge in [0.1, 0.15) is 5.82 Å². The Hall–Kier alpha value is -1.58. The summed E-state index contributed by atoms with van der Waals surface area (Å²) in [6, 6.07) is 0.351. The molecule has 0 aliphatic rings. The van der Waals surface area contributed by atoms with E-state index < -0.39 is 0 Å². The highest BCUT2D eigenvalue weighted by Gasteiger charge is 2.07. The first-order valence-corrected chi connectivity index (χ1v) is 5.05. The van der Waals surface area contributed by atoms with Gasteiger partial charge in [0, 0.05) is 11.3 Å². The average molecular weight is 207 g/mol. The lowest BCUT2D eigenvalue weighted by molar-refractivity contribution is 0.298. The normalized spacial score (nSPS) is 10.0. The number of nitrogens with zero attached hydrogens (tertiary/aromatic N) is 2. The largest absolute Gasteiger partial charge is 0.463 e. The van der Waals surface area contributed by atoms with Crippen molar-refractivity contribution in [2.24, 2.45) is 0 Å². The van der Waals surface area contributed by atoms with Crippen LogP contribution >= 0.6 is 0 Å². The van der Waals surface area contributed by atoms with E-state index in [4.69, 9.17) is 10.5 Å². The van der Waals surface area contributed by atoms with E-state index in [2.05, 4.69) is 16.5 Å². The highest BCUT2D eigenvalue weighted by atomic mass is 16.5. The van der Waals surface area contributed by atoms with Crippen LogP contribution in [0.3, 0.4) is 0 Å². The molecular formula is C11H17N3O. The molecule has 0 atom stereocenters. The first kappa shape index (κ1) is 11.5. The molecule has 0 saturated carbocycles. The third kappa shape index (κ3) is 2.94. The van der Waals surface area contributed by atoms with Crippen molar-refractivity contribution in [3.63, 3.8) is 0 Å². The van der Waals surface area contributed by atoms with Gasteiger partial charge < -0.3 is 10.5 Å². The number of rotatable bonds is 5. The van der Waals surface area contributed by atoms with Gasteiger partial charge in [-0.05, 0) is 19.8 Å². The maximum atomic E-state index is 5.79. The van der Waals surface area contributed by atoms with Gasteiger partial charge in [-0.25, -0.2) is 4.98 Å². The molecule has 82 valence electrons. The molecule has 1 aromatic heterocycles. The smallest absolute Gasteiger partial charge is 0.318 e. The first-order valence-electron chi connectivity index (χ1n) is 5.05. The molecule has 0 aromatic carbocycles. The van der Waals surface area contributed by atoms with Gasteiger partial charge in [0.05, 0.1) is 6.61 Å². The molecule has 4 nitrogen and oxygen atoms in total. The Morgan fingerprint density at radius 2 is 2.20 bits per heavy atom. The van der Waals surface area contributed by atoms with Crippen molar-refractivity contribution < 1.29 is 4.74 Å². The highest BCUT2D eigenvalue weighted by molar-refractivity contribution is 5.42. The molecule has 2 N–H and O–H groups in total. The molecule has 15 heavy (non-hydrogen) atoms. The van der Waals surface area contributed by atoms with Crippen LogP contribution in [0.15, 0.2) is 12.7 Å². The van der Waals surface area contributed by atoms with Crippen LogP contribution in [0.25, 0.3) is 0 Å². The molecule has 1 heterocycles. The molecular weight excluding hydrogens is 190 g/mol. The second-order valence-corrected chi connectivity index (χ2v) is 3.23. The summed E-state index contributed by atoms with van der Waals surface area (Å²) in [5, 5.41) is 0. The van der Waals surface area contributed by atoms with Crippen LogP contribution in [0.2, 0.25) is 0 Å². The van der Waals surface area contributed by atoms with Crippen molar-refractivity contribution in [3.8, 4) is 6.01 Å². The SMILES string of the molecule is C=CCCOc1nc(C)c(CC)c(N)n1. The van der Waals surface area contributed by atoms with Crippen molar-refractivity contribution in [3.05, 3.63) is 23.9 Å². The van der Waals surface area contributed by atoms with Crippen molar-refractivity contribution >= 4 is 5.82 Å². The molecule has 0 radical (unpaired) electrons. The quantitative estimate of drug-likeness (QED) is 0.591. The standard InChI is InChI=1S/C11H17N3O/c1-4-6-7-15-11-13-8(3)9(5-2)10(12)14-11/h4H,1,5-7H2,2-3H3,(H2,12,13,14). The number of aryl methyl sites for hydroxylation is 1. The monoisotopic (exact) mass is 207 g/mol. The Morgan fingerprint density at radius 1 is 1.47 bits per heavy atom. The highest BCUT2D eigenvalue weighted by Crippen LogP contribution is 2.16. The molecule has 0 aliphatic heterocycles. The minimum Gasteiger partial charge on any atom is -0.463 e. The summed E-state index contributed by atoms with van der Waals surface area (Å²) >= 11 is 0. The van der Waals surface area contributed by atoms with Gasteiger partial charge in [0.2, 0.25) is 0 Å². The Balaban J connectivity index is 2.79. The van der Waals surface area contributed by atoms with Crippen molar-refractivity contribution in [2.45, 2.75) is 26.7 Å². The van der Waals surface area contributed by atoms with Gasteiger partial charge in [0.15, 0.2) is 0 Å². The number of ether oxygens (including phenoxy) is 1. The Bertz CT molecular complexity index is 327. The zero-order valence-corrected chi connectivity index (χ0v) is 9.29. The number of hydrogen-bond donors (Lipinski definition) is 1. The fourth-order valence-corrected chi connectivity index (χ4v) is 1.33. The Kier molecular flexibility index (Phi) is 4.09. The summed E-state index contributed by atoms with van der Waals surface area (Å²) in [6.45, 7) is 8.09. The molecule has 0 spiro atoms. The van der Waals surface area contributed by atoms with Gasteiger partial charge in [0.25, 0.3) is 0 Å². The topological polar surface area (TPSA) is 61.0 Å². The third-order valence-electron chi connectivity index (χ3n) is 2.13. The maximum Gasteiger partial charge on any atom is 0.318 e. The number of nitrogen functional groups attached to an aromatic ring is 1. The Labute approximate surface area is 90.2 Å². The molecule has 0 unspecified atom stereocenters. The van der Waals surface area contributed by atoms with Crippen LogP contribution in [-0.2, 0) is 6.42 Å². The second kappa shape index (κ2) is 5.34. The van der Waals surface area contributed by atoms with Gasteiger partial charge in [-0.15, -0.1) is 6.58 Å². The van der Waals surface area contributed by atoms with E-state index >= 15 is 0 Å². The molecule has 0 amide bonds. The zero-order valence-electron chi connectivity index (χ0n) is 9.29. The average Bonchev–Trinajstić information content (AvgIpc) is 2.18. The molecule has 4 heteroatoms. The molecule has 0 saturated heterocycles. The summed E-state index contributed by atoms with van der Waals surface area (Å²) in [5.74, 6) is 0.513. The summed E-state index contributed by atoms with van der Waals surface area (Å²) in [5.41, 5.74) is 7.67. The van der Waals surface area contributed by atoms with E-state index in [1.165, 1.54) is 0 Å². The van der Waals surface area contributed by atoms with Crippen molar-refractivity contribution in [2.75, 3.05) is 12.3 Å². The van der Waals surface area contributed by atoms with Crippen LogP contribution in [0.4, 0.5) is 5.82 Å². The van der Waals surface area contributed by atoms with E-state index in [0.29, 0.717) is 18.4 Å². The summed E-state index contributed by atoms with van der Waals surface area (Å²) < 4.78 is 5.33. The predicted molar refractivity (Wildman–Crippen MR) is 60.9 cm³/mol. The zero-order chi connectivity index (χ0) is 11.3. The molecule has 1 rings (SSSR count). The van der Waals surface area contributed by atoms with Crippen LogP contribution in [0, 0.1) is 6.92 Å². The van der Waals surface area contributed by atoms with Crippen LogP contribution < -0.4 is 10.5 Å². The first-order chi connectivity index (χ1) is 7.19. The third-order valence-corrected chi connectivity index (χ3v) is 2.13. The van der Waals surface area contributed by atoms with E-state index in [-0.39, 0.29) is 0 Å². The molecule has 1 aromatic rings. The van der Waals surface area contributed by atoms with Crippen LogP contribution in [0.1, 0.15) is 24.6 Å². The molecule has 0 fully saturated rings. The number of hydrogen-bond acceptors (Lipinski definition) is 4. The fourth-order valence-electron chi connectivity index (χ4n) is 1.33. The number of anilines is 1. The van der Waals surface area contributed by atoms with E-state index in [1.54, 1.807) is 6.08 Å². The van der Waals surface area contributed by atoms with Gasteiger partial charge >= 0.3 is 6.01 Å². The lowest BCUT2D eigenvalue weighted by atomic mass is 10.2. The van der Waals surface area contributed by atoms with Crippen molar-refractivity contribution in [1.82, 2.24) is 9.97 Å². The maximum absolute atomic E-state index is 5.79. The van der Waals surface area contributed by atoms with E-state index in [9.17, 15) is 0 Å². The lowest BCUT2D eigenvalue weighted by Gasteiger charge is -2.08. The summed E-state index contributed by atoms with van der Waals surface area (Å²) in [4.78, 5) is 8.32. The molecule has 0 bridgehead atoms. The van der Waals surface area contributed by atoms with E-state index in [0.717, 1.165) is 24.1 Å². The van der Waals surface area contributed by atoms with Gasteiger partial charge in [-0.3, -0.25) is 0 Å². The van der Waals surface area contributed by atoms with Crippen LogP contribution in [0.5, 0.6) is 6.01 Å². The second-order valence-electron chi connectivity index (χ2n) is 3.23. The lowest BCUT2D eigenvalue weighted by Crippen LogP contribution is -2.07.